The molecular weight excluding hydrogens is 262 g/mol. The molecule has 0 amide bonds. The third-order valence-electron chi connectivity index (χ3n) is 4.04. The summed E-state index contributed by atoms with van der Waals surface area (Å²) in [7, 11) is 0. The molecule has 0 unspecified atom stereocenters. The average Bonchev–Trinajstić information content (AvgIpc) is 3.30. The van der Waals surface area contributed by atoms with Crippen molar-refractivity contribution in [1.29, 1.82) is 0 Å². The molecule has 5 heteroatoms. The first-order valence-electron chi connectivity index (χ1n) is 8.13. The maximum Gasteiger partial charge on any atom is 0.145 e. The number of hydrazine groups is 1. The Hall–Kier alpha value is -1.36. The molecule has 1 aromatic heterocycles. The van der Waals surface area contributed by atoms with Crippen molar-refractivity contribution in [2.24, 2.45) is 11.3 Å². The van der Waals surface area contributed by atoms with Crippen LogP contribution < -0.4 is 16.6 Å². The molecule has 0 aromatic carbocycles. The maximum atomic E-state index is 5.50. The van der Waals surface area contributed by atoms with Crippen LogP contribution in [0.3, 0.4) is 0 Å². The van der Waals surface area contributed by atoms with E-state index in [1.54, 1.807) is 0 Å². The number of hydrogen-bond donors (Lipinski definition) is 3. The van der Waals surface area contributed by atoms with Crippen LogP contribution in [0, 0.1) is 5.41 Å². The summed E-state index contributed by atoms with van der Waals surface area (Å²) >= 11 is 0. The highest BCUT2D eigenvalue weighted by molar-refractivity contribution is 5.47. The zero-order chi connectivity index (χ0) is 15.3. The van der Waals surface area contributed by atoms with Crippen molar-refractivity contribution >= 4 is 11.6 Å². The molecule has 1 fully saturated rings. The van der Waals surface area contributed by atoms with Crippen LogP contribution in [-0.4, -0.2) is 16.5 Å². The van der Waals surface area contributed by atoms with E-state index in [0.29, 0.717) is 11.7 Å². The van der Waals surface area contributed by atoms with Gasteiger partial charge < -0.3 is 10.7 Å². The van der Waals surface area contributed by atoms with Crippen LogP contribution in [0.4, 0.5) is 11.6 Å². The Morgan fingerprint density at radius 1 is 1.24 bits per heavy atom. The van der Waals surface area contributed by atoms with Gasteiger partial charge in [0.15, 0.2) is 0 Å². The predicted molar refractivity (Wildman–Crippen MR) is 88.2 cm³/mol. The number of rotatable bonds is 9. The Morgan fingerprint density at radius 2 is 1.95 bits per heavy atom. The van der Waals surface area contributed by atoms with E-state index in [2.05, 4.69) is 41.5 Å². The number of unbranched alkanes of at least 4 members (excludes halogenated alkanes) is 2. The molecule has 1 aliphatic rings. The molecule has 1 aliphatic carbocycles. The number of nitrogen functional groups attached to an aromatic ring is 1. The molecular formula is C16H29N5. The lowest BCUT2D eigenvalue weighted by Gasteiger charge is -2.25. The number of hydrogen-bond acceptors (Lipinski definition) is 5. The van der Waals surface area contributed by atoms with Crippen molar-refractivity contribution in [1.82, 2.24) is 9.97 Å². The first-order valence-corrected chi connectivity index (χ1v) is 8.13. The highest BCUT2D eigenvalue weighted by Crippen LogP contribution is 2.38. The largest absolute Gasteiger partial charge is 0.369 e. The van der Waals surface area contributed by atoms with Crippen LogP contribution in [0.5, 0.6) is 0 Å². The number of nitrogens with two attached hydrogens (primary N) is 1. The van der Waals surface area contributed by atoms with Crippen molar-refractivity contribution in [3.05, 3.63) is 11.9 Å². The Kier molecular flexibility index (Phi) is 5.39. The lowest BCUT2D eigenvalue weighted by molar-refractivity contribution is 0.342. The lowest BCUT2D eigenvalue weighted by atomic mass is 9.87. The van der Waals surface area contributed by atoms with Crippen LogP contribution in [-0.2, 0) is 0 Å². The number of nitrogens with one attached hydrogen (secondary N) is 2. The highest BCUT2D eigenvalue weighted by Gasteiger charge is 2.27. The van der Waals surface area contributed by atoms with E-state index >= 15 is 0 Å². The molecule has 1 saturated carbocycles. The van der Waals surface area contributed by atoms with E-state index in [0.717, 1.165) is 18.2 Å². The van der Waals surface area contributed by atoms with Gasteiger partial charge in [0, 0.05) is 18.5 Å². The second kappa shape index (κ2) is 7.07. The molecule has 0 aliphatic heterocycles. The summed E-state index contributed by atoms with van der Waals surface area (Å²) in [6.07, 6.45) is 7.48. The monoisotopic (exact) mass is 291 g/mol. The van der Waals surface area contributed by atoms with Crippen LogP contribution >= 0.6 is 0 Å². The molecule has 1 aromatic rings. The normalized spacial score (nSPS) is 15.0. The van der Waals surface area contributed by atoms with Crippen molar-refractivity contribution < 1.29 is 0 Å². The Morgan fingerprint density at radius 3 is 2.57 bits per heavy atom. The van der Waals surface area contributed by atoms with Crippen molar-refractivity contribution in [2.45, 2.75) is 65.2 Å². The fourth-order valence-electron chi connectivity index (χ4n) is 2.43. The zero-order valence-corrected chi connectivity index (χ0v) is 13.6. The van der Waals surface area contributed by atoms with Gasteiger partial charge in [0.05, 0.1) is 0 Å². The van der Waals surface area contributed by atoms with Crippen LogP contribution in [0.15, 0.2) is 6.07 Å². The Bertz CT molecular complexity index is 454. The minimum atomic E-state index is 0.274. The zero-order valence-electron chi connectivity index (χ0n) is 13.6. The van der Waals surface area contributed by atoms with Crippen molar-refractivity contribution in [2.75, 3.05) is 17.3 Å². The first-order chi connectivity index (χ1) is 10.0. The standard InChI is InChI=1S/C16H29N5/c1-4-5-6-9-16(2,3)11-18-13-10-14(21-17)20-15(19-13)12-7-8-12/h10,12H,4-9,11,17H2,1-3H3,(H2,18,19,20,21). The molecule has 1 heterocycles. The third-order valence-corrected chi connectivity index (χ3v) is 4.04. The van der Waals surface area contributed by atoms with Gasteiger partial charge in [-0.3, -0.25) is 0 Å². The van der Waals surface area contributed by atoms with Crippen LogP contribution in [0.25, 0.3) is 0 Å². The lowest BCUT2D eigenvalue weighted by Crippen LogP contribution is -2.24. The van der Waals surface area contributed by atoms with E-state index in [1.807, 2.05) is 6.07 Å². The maximum absolute atomic E-state index is 5.50. The fourth-order valence-corrected chi connectivity index (χ4v) is 2.43. The van der Waals surface area contributed by atoms with Gasteiger partial charge in [-0.1, -0.05) is 40.0 Å². The number of nitrogens with zero attached hydrogens (tertiary/aromatic N) is 2. The van der Waals surface area contributed by atoms with Gasteiger partial charge in [0.2, 0.25) is 0 Å². The van der Waals surface area contributed by atoms with E-state index in [4.69, 9.17) is 5.84 Å². The summed E-state index contributed by atoms with van der Waals surface area (Å²) < 4.78 is 0. The molecule has 21 heavy (non-hydrogen) atoms. The van der Waals surface area contributed by atoms with Gasteiger partial charge in [-0.15, -0.1) is 0 Å². The van der Waals surface area contributed by atoms with Gasteiger partial charge in [-0.25, -0.2) is 15.8 Å². The first kappa shape index (κ1) is 16.0. The van der Waals surface area contributed by atoms with Gasteiger partial charge in [-0.2, -0.15) is 0 Å². The second-order valence-corrected chi connectivity index (χ2v) is 6.89. The van der Waals surface area contributed by atoms with Crippen molar-refractivity contribution in [3.63, 3.8) is 0 Å². The van der Waals surface area contributed by atoms with Gasteiger partial charge in [0.25, 0.3) is 0 Å². The van der Waals surface area contributed by atoms with Gasteiger partial charge >= 0.3 is 0 Å². The minimum absolute atomic E-state index is 0.274. The molecule has 118 valence electrons. The predicted octanol–water partition coefficient (Wildman–Crippen LogP) is 3.66. The smallest absolute Gasteiger partial charge is 0.145 e. The molecule has 2 rings (SSSR count). The SMILES string of the molecule is CCCCCC(C)(C)CNc1cc(NN)nc(C2CC2)n1. The van der Waals surface area contributed by atoms with Crippen molar-refractivity contribution in [3.8, 4) is 0 Å². The van der Waals surface area contributed by atoms with Crippen LogP contribution in [0.1, 0.15) is 71.0 Å². The van der Waals surface area contributed by atoms with E-state index in [9.17, 15) is 0 Å². The molecule has 4 N–H and O–H groups in total. The summed E-state index contributed by atoms with van der Waals surface area (Å²) in [6, 6.07) is 1.88. The van der Waals surface area contributed by atoms with E-state index < -0.39 is 0 Å². The quantitative estimate of drug-likeness (QED) is 0.368. The second-order valence-electron chi connectivity index (χ2n) is 6.89. The molecule has 5 nitrogen and oxygen atoms in total. The summed E-state index contributed by atoms with van der Waals surface area (Å²) in [5.74, 6) is 8.51. The topological polar surface area (TPSA) is 75.9 Å². The van der Waals surface area contributed by atoms with Gasteiger partial charge in [0.1, 0.15) is 17.5 Å². The third kappa shape index (κ3) is 5.16. The van der Waals surface area contributed by atoms with E-state index in [-0.39, 0.29) is 5.41 Å². The summed E-state index contributed by atoms with van der Waals surface area (Å²) in [5.41, 5.74) is 2.91. The molecule has 0 saturated heterocycles. The van der Waals surface area contributed by atoms with E-state index in [1.165, 1.54) is 38.5 Å². The Labute approximate surface area is 128 Å². The Balaban J connectivity index is 1.93. The average molecular weight is 291 g/mol. The summed E-state index contributed by atoms with van der Waals surface area (Å²) in [6.45, 7) is 7.77. The minimum Gasteiger partial charge on any atom is -0.369 e. The fraction of sp³-hybridized carbons (Fsp3) is 0.750. The molecule has 0 radical (unpaired) electrons. The molecule has 0 spiro atoms. The summed E-state index contributed by atoms with van der Waals surface area (Å²) in [4.78, 5) is 9.06. The summed E-state index contributed by atoms with van der Waals surface area (Å²) in [5, 5.41) is 3.46. The number of aromatic nitrogens is 2. The molecule has 0 bridgehead atoms. The highest BCUT2D eigenvalue weighted by atomic mass is 15.3. The molecule has 0 atom stereocenters. The van der Waals surface area contributed by atoms with Crippen LogP contribution in [0.2, 0.25) is 0 Å². The number of anilines is 2. The van der Waals surface area contributed by atoms with Gasteiger partial charge in [-0.05, 0) is 24.7 Å².